The third-order valence-electron chi connectivity index (χ3n) is 2.76. The third-order valence-corrected chi connectivity index (χ3v) is 2.76. The van der Waals surface area contributed by atoms with Crippen molar-refractivity contribution in [3.63, 3.8) is 0 Å². The minimum absolute atomic E-state index is 0.298. The van der Waals surface area contributed by atoms with E-state index in [-0.39, 0.29) is 5.82 Å². The summed E-state index contributed by atoms with van der Waals surface area (Å²) in [5, 5.41) is 0. The average molecular weight is 231 g/mol. The molecule has 88 valence electrons. The predicted octanol–water partition coefficient (Wildman–Crippen LogP) is 3.39. The Kier molecular flexibility index (Phi) is 3.00. The maximum absolute atomic E-state index is 13.8. The van der Waals surface area contributed by atoms with Gasteiger partial charge in [-0.3, -0.25) is 0 Å². The number of hydrogen-bond acceptors (Lipinski definition) is 2. The van der Waals surface area contributed by atoms with E-state index in [1.54, 1.807) is 18.2 Å². The molecule has 0 aliphatic carbocycles. The zero-order valence-electron chi connectivity index (χ0n) is 9.83. The van der Waals surface area contributed by atoms with E-state index in [9.17, 15) is 4.39 Å². The molecule has 3 heteroatoms. The first-order valence-electron chi connectivity index (χ1n) is 5.32. The maximum atomic E-state index is 13.8. The smallest absolute Gasteiger partial charge is 0.134 e. The monoisotopic (exact) mass is 231 g/mol. The fourth-order valence-electron chi connectivity index (χ4n) is 1.70. The maximum Gasteiger partial charge on any atom is 0.134 e. The third kappa shape index (κ3) is 2.23. The Balaban J connectivity index is 2.49. The van der Waals surface area contributed by atoms with Crippen molar-refractivity contribution in [2.45, 2.75) is 6.92 Å². The van der Waals surface area contributed by atoms with Crippen LogP contribution in [0.1, 0.15) is 5.56 Å². The molecule has 0 saturated heterocycles. The predicted molar refractivity (Wildman–Crippen MR) is 67.5 cm³/mol. The molecule has 2 N–H and O–H groups in total. The largest absolute Gasteiger partial charge is 0.497 e. The summed E-state index contributed by atoms with van der Waals surface area (Å²) in [5.41, 5.74) is 8.76. The highest BCUT2D eigenvalue weighted by molar-refractivity contribution is 5.68. The fourth-order valence-corrected chi connectivity index (χ4v) is 1.70. The molecule has 0 bridgehead atoms. The molecule has 2 nitrogen and oxygen atoms in total. The minimum atomic E-state index is -0.298. The van der Waals surface area contributed by atoms with Crippen LogP contribution in [0.4, 0.5) is 10.1 Å². The van der Waals surface area contributed by atoms with Gasteiger partial charge < -0.3 is 10.5 Å². The highest BCUT2D eigenvalue weighted by Crippen LogP contribution is 2.28. The average Bonchev–Trinajstić information content (AvgIpc) is 2.32. The molecule has 2 aromatic rings. The van der Waals surface area contributed by atoms with Crippen molar-refractivity contribution < 1.29 is 9.13 Å². The lowest BCUT2D eigenvalue weighted by Crippen LogP contribution is -1.92. The first-order valence-corrected chi connectivity index (χ1v) is 5.32. The van der Waals surface area contributed by atoms with Gasteiger partial charge in [0.05, 0.1) is 7.11 Å². The summed E-state index contributed by atoms with van der Waals surface area (Å²) in [6, 6.07) is 10.3. The van der Waals surface area contributed by atoms with Crippen LogP contribution in [0.2, 0.25) is 0 Å². The summed E-state index contributed by atoms with van der Waals surface area (Å²) >= 11 is 0. The van der Waals surface area contributed by atoms with E-state index >= 15 is 0 Å². The number of rotatable bonds is 2. The van der Waals surface area contributed by atoms with E-state index in [1.807, 2.05) is 19.1 Å². The molecule has 2 rings (SSSR count). The molecular weight excluding hydrogens is 217 g/mol. The molecule has 17 heavy (non-hydrogen) atoms. The lowest BCUT2D eigenvalue weighted by molar-refractivity contribution is 0.411. The molecule has 0 spiro atoms. The molecule has 0 amide bonds. The van der Waals surface area contributed by atoms with Gasteiger partial charge in [0.2, 0.25) is 0 Å². The molecule has 0 aliphatic heterocycles. The van der Waals surface area contributed by atoms with Gasteiger partial charge in [-0.05, 0) is 42.3 Å². The molecule has 0 unspecified atom stereocenters. The van der Waals surface area contributed by atoms with Crippen LogP contribution in [0.15, 0.2) is 36.4 Å². The molecule has 0 saturated carbocycles. The van der Waals surface area contributed by atoms with E-state index < -0.39 is 0 Å². The van der Waals surface area contributed by atoms with Gasteiger partial charge in [-0.15, -0.1) is 0 Å². The quantitative estimate of drug-likeness (QED) is 0.804. The summed E-state index contributed by atoms with van der Waals surface area (Å²) in [7, 11) is 1.52. The number of hydrogen-bond donors (Lipinski definition) is 1. The van der Waals surface area contributed by atoms with Gasteiger partial charge >= 0.3 is 0 Å². The van der Waals surface area contributed by atoms with Crippen LogP contribution in [0.25, 0.3) is 11.1 Å². The molecular formula is C14H14FNO. The lowest BCUT2D eigenvalue weighted by Gasteiger charge is -2.08. The number of anilines is 1. The van der Waals surface area contributed by atoms with E-state index in [4.69, 9.17) is 10.5 Å². The van der Waals surface area contributed by atoms with Crippen molar-refractivity contribution in [3.8, 4) is 16.9 Å². The highest BCUT2D eigenvalue weighted by atomic mass is 19.1. The number of benzene rings is 2. The molecule has 0 atom stereocenters. The van der Waals surface area contributed by atoms with Gasteiger partial charge in [-0.2, -0.15) is 0 Å². The molecule has 0 heterocycles. The standard InChI is InChI=1S/C14H14FNO/c1-9-7-10(3-6-14(9)16)12-5-4-11(17-2)8-13(12)15/h3-8H,16H2,1-2H3. The lowest BCUT2D eigenvalue weighted by atomic mass is 10.0. The van der Waals surface area contributed by atoms with E-state index in [0.717, 1.165) is 11.1 Å². The first kappa shape index (κ1) is 11.5. The van der Waals surface area contributed by atoms with Crippen LogP contribution in [0, 0.1) is 12.7 Å². The molecule has 0 aliphatic rings. The van der Waals surface area contributed by atoms with Crippen molar-refractivity contribution in [3.05, 3.63) is 47.8 Å². The van der Waals surface area contributed by atoms with Crippen LogP contribution < -0.4 is 10.5 Å². The van der Waals surface area contributed by atoms with Gasteiger partial charge in [-0.25, -0.2) is 4.39 Å². The van der Waals surface area contributed by atoms with Crippen molar-refractivity contribution >= 4 is 5.69 Å². The Bertz CT molecular complexity index is 552. The number of aryl methyl sites for hydroxylation is 1. The van der Waals surface area contributed by atoms with Crippen LogP contribution in [-0.2, 0) is 0 Å². The summed E-state index contributed by atoms with van der Waals surface area (Å²) in [5.74, 6) is 0.215. The van der Waals surface area contributed by atoms with Crippen molar-refractivity contribution in [2.24, 2.45) is 0 Å². The van der Waals surface area contributed by atoms with Crippen molar-refractivity contribution in [2.75, 3.05) is 12.8 Å². The Hall–Kier alpha value is -2.03. The topological polar surface area (TPSA) is 35.2 Å². The van der Waals surface area contributed by atoms with Crippen LogP contribution in [0.3, 0.4) is 0 Å². The second kappa shape index (κ2) is 4.45. The Morgan fingerprint density at radius 1 is 1.12 bits per heavy atom. The zero-order chi connectivity index (χ0) is 12.4. The van der Waals surface area contributed by atoms with E-state index in [0.29, 0.717) is 17.0 Å². The number of nitrogens with two attached hydrogens (primary N) is 1. The second-order valence-corrected chi connectivity index (χ2v) is 3.92. The Morgan fingerprint density at radius 2 is 1.88 bits per heavy atom. The molecule has 0 fully saturated rings. The highest BCUT2D eigenvalue weighted by Gasteiger charge is 2.07. The number of halogens is 1. The summed E-state index contributed by atoms with van der Waals surface area (Å²) in [6.45, 7) is 1.90. The minimum Gasteiger partial charge on any atom is -0.497 e. The van der Waals surface area contributed by atoms with E-state index in [2.05, 4.69) is 0 Å². The zero-order valence-corrected chi connectivity index (χ0v) is 9.83. The molecule has 0 aromatic heterocycles. The fraction of sp³-hybridized carbons (Fsp3) is 0.143. The summed E-state index contributed by atoms with van der Waals surface area (Å²) in [6.07, 6.45) is 0. The van der Waals surface area contributed by atoms with Crippen LogP contribution >= 0.6 is 0 Å². The van der Waals surface area contributed by atoms with Crippen molar-refractivity contribution in [1.29, 1.82) is 0 Å². The number of methoxy groups -OCH3 is 1. The Labute approximate surface area is 99.8 Å². The van der Waals surface area contributed by atoms with E-state index in [1.165, 1.54) is 13.2 Å². The Morgan fingerprint density at radius 3 is 2.47 bits per heavy atom. The first-order chi connectivity index (χ1) is 8.11. The summed E-state index contributed by atoms with van der Waals surface area (Å²) in [4.78, 5) is 0. The number of nitrogen functional groups attached to an aromatic ring is 1. The van der Waals surface area contributed by atoms with Crippen molar-refractivity contribution in [1.82, 2.24) is 0 Å². The van der Waals surface area contributed by atoms with Gasteiger partial charge in [0.25, 0.3) is 0 Å². The van der Waals surface area contributed by atoms with Crippen LogP contribution in [0.5, 0.6) is 5.75 Å². The number of ether oxygens (including phenoxy) is 1. The van der Waals surface area contributed by atoms with Gasteiger partial charge in [-0.1, -0.05) is 6.07 Å². The van der Waals surface area contributed by atoms with Crippen LogP contribution in [-0.4, -0.2) is 7.11 Å². The molecule has 0 radical (unpaired) electrons. The SMILES string of the molecule is COc1ccc(-c2ccc(N)c(C)c2)c(F)c1. The van der Waals surface area contributed by atoms with Gasteiger partial charge in [0.1, 0.15) is 11.6 Å². The normalized spacial score (nSPS) is 10.3. The van der Waals surface area contributed by atoms with Gasteiger partial charge in [0.15, 0.2) is 0 Å². The second-order valence-electron chi connectivity index (χ2n) is 3.92. The van der Waals surface area contributed by atoms with Gasteiger partial charge in [0, 0.05) is 17.3 Å². The summed E-state index contributed by atoms with van der Waals surface area (Å²) < 4.78 is 18.8. The molecule has 2 aromatic carbocycles.